The minimum absolute atomic E-state index is 0.655. The summed E-state index contributed by atoms with van der Waals surface area (Å²) >= 11 is 0. The largest absolute Gasteiger partial charge is 0.228 e. The Labute approximate surface area is 309 Å². The van der Waals surface area contributed by atoms with Gasteiger partial charge in [0, 0.05) is 5.56 Å². The zero-order valence-corrected chi connectivity index (χ0v) is 30.5. The van der Waals surface area contributed by atoms with Crippen LogP contribution in [0.15, 0.2) is 178 Å². The van der Waals surface area contributed by atoms with Gasteiger partial charge in [-0.25, -0.2) is 9.97 Å². The van der Waals surface area contributed by atoms with Gasteiger partial charge in [0.2, 0.25) is 0 Å². The Hall–Kier alpha value is -6.38. The average Bonchev–Trinajstić information content (AvgIpc) is 3.18. The third-order valence-electron chi connectivity index (χ3n) is 9.28. The van der Waals surface area contributed by atoms with Crippen LogP contribution in [0.4, 0.5) is 0 Å². The van der Waals surface area contributed by atoms with Gasteiger partial charge < -0.3 is 0 Å². The lowest BCUT2D eigenvalue weighted by Gasteiger charge is -2.23. The quantitative estimate of drug-likeness (QED) is 0.128. The van der Waals surface area contributed by atoms with Crippen LogP contribution >= 0.6 is 0 Å². The van der Waals surface area contributed by atoms with Crippen LogP contribution in [-0.2, 0) is 0 Å². The molecule has 6 rings (SSSR count). The summed E-state index contributed by atoms with van der Waals surface area (Å²) in [5, 5.41) is 0. The summed E-state index contributed by atoms with van der Waals surface area (Å²) in [5.74, 6) is 0.655. The molecular formula is C50H44N2. The predicted molar refractivity (Wildman–Crippen MR) is 225 cm³/mol. The van der Waals surface area contributed by atoms with Gasteiger partial charge in [0.25, 0.3) is 0 Å². The topological polar surface area (TPSA) is 25.8 Å². The van der Waals surface area contributed by atoms with Crippen molar-refractivity contribution in [3.8, 4) is 55.9 Å². The van der Waals surface area contributed by atoms with E-state index in [1.165, 1.54) is 44.5 Å². The maximum Gasteiger partial charge on any atom is 0.161 e. The fraction of sp³-hybridized carbons (Fsp3) is 0.0800. The van der Waals surface area contributed by atoms with Gasteiger partial charge >= 0.3 is 0 Å². The highest BCUT2D eigenvalue weighted by Gasteiger charge is 2.21. The molecule has 254 valence electrons. The molecule has 0 amide bonds. The number of hydrogen-bond donors (Lipinski definition) is 0. The van der Waals surface area contributed by atoms with E-state index in [0.29, 0.717) is 5.82 Å². The molecule has 1 aromatic heterocycles. The van der Waals surface area contributed by atoms with E-state index in [9.17, 15) is 0 Å². The second kappa shape index (κ2) is 16.1. The SMILES string of the molecule is C=C/C=C(\C)c1cc(C(=C)/C=C\C)nc(-c2ccccc2-c2ccc(-c3cc(C)c(/C(C)=C/C=C)c(-c4ccccc4)c3-c3ccccc3)cc2)n1. The number of aryl methyl sites for hydroxylation is 1. The smallest absolute Gasteiger partial charge is 0.161 e. The Balaban J connectivity index is 1.54. The fourth-order valence-electron chi connectivity index (χ4n) is 6.85. The lowest BCUT2D eigenvalue weighted by Crippen LogP contribution is -2.00. The van der Waals surface area contributed by atoms with E-state index in [0.717, 1.165) is 44.8 Å². The molecule has 0 bridgehead atoms. The first-order chi connectivity index (χ1) is 25.3. The summed E-state index contributed by atoms with van der Waals surface area (Å²) < 4.78 is 0. The zero-order chi connectivity index (χ0) is 36.6. The highest BCUT2D eigenvalue weighted by molar-refractivity contribution is 6.01. The van der Waals surface area contributed by atoms with Gasteiger partial charge in [-0.15, -0.1) is 0 Å². The minimum Gasteiger partial charge on any atom is -0.228 e. The summed E-state index contributed by atoms with van der Waals surface area (Å²) in [5.41, 5.74) is 17.3. The molecule has 0 unspecified atom stereocenters. The van der Waals surface area contributed by atoms with Crippen molar-refractivity contribution in [2.24, 2.45) is 0 Å². The van der Waals surface area contributed by atoms with Crippen LogP contribution < -0.4 is 0 Å². The van der Waals surface area contributed by atoms with Gasteiger partial charge in [-0.1, -0.05) is 171 Å². The average molecular weight is 673 g/mol. The lowest BCUT2D eigenvalue weighted by molar-refractivity contribution is 1.13. The minimum atomic E-state index is 0.655. The molecule has 0 fully saturated rings. The Morgan fingerprint density at radius 3 is 1.67 bits per heavy atom. The molecule has 0 N–H and O–H groups in total. The van der Waals surface area contributed by atoms with E-state index in [-0.39, 0.29) is 0 Å². The Bertz CT molecular complexity index is 2350. The molecule has 0 spiro atoms. The summed E-state index contributed by atoms with van der Waals surface area (Å²) in [4.78, 5) is 10.1. The second-order valence-electron chi connectivity index (χ2n) is 12.9. The lowest BCUT2D eigenvalue weighted by atomic mass is 9.80. The van der Waals surface area contributed by atoms with E-state index in [4.69, 9.17) is 9.97 Å². The van der Waals surface area contributed by atoms with Crippen molar-refractivity contribution < 1.29 is 0 Å². The maximum absolute atomic E-state index is 5.04. The molecule has 0 atom stereocenters. The van der Waals surface area contributed by atoms with E-state index in [1.807, 2.05) is 50.3 Å². The van der Waals surface area contributed by atoms with Gasteiger partial charge in [0.15, 0.2) is 5.82 Å². The van der Waals surface area contributed by atoms with E-state index in [2.05, 4.69) is 149 Å². The third-order valence-corrected chi connectivity index (χ3v) is 9.28. The number of aromatic nitrogens is 2. The molecule has 0 radical (unpaired) electrons. The standard InChI is InChI=1S/C50H44N2/c1-8-19-34(4)45-33-46(35(5)20-9-2)52-50(51-45)43-27-18-17-26-42(43)38-28-30-39(31-29-38)44-32-37(7)47(36(6)21-10-3)49(41-24-15-12-16-25-41)48(44)40-22-13-11-14-23-40/h8-33H,1,3,5H2,2,4,6-7H3/b20-9-,34-19+,36-21+. The van der Waals surface area contributed by atoms with Crippen LogP contribution in [0, 0.1) is 6.92 Å². The summed E-state index contributed by atoms with van der Waals surface area (Å²) in [6.07, 6.45) is 11.7. The van der Waals surface area contributed by atoms with E-state index >= 15 is 0 Å². The van der Waals surface area contributed by atoms with Crippen molar-refractivity contribution in [3.05, 3.63) is 200 Å². The van der Waals surface area contributed by atoms with Crippen molar-refractivity contribution in [3.63, 3.8) is 0 Å². The van der Waals surface area contributed by atoms with Gasteiger partial charge in [-0.2, -0.15) is 0 Å². The first-order valence-electron chi connectivity index (χ1n) is 17.6. The van der Waals surface area contributed by atoms with Gasteiger partial charge in [-0.05, 0) is 106 Å². The molecule has 0 saturated carbocycles. The molecule has 0 aliphatic rings. The Kier molecular flexibility index (Phi) is 11.0. The molecule has 52 heavy (non-hydrogen) atoms. The molecule has 1 heterocycles. The maximum atomic E-state index is 5.04. The van der Waals surface area contributed by atoms with E-state index in [1.54, 1.807) is 6.08 Å². The van der Waals surface area contributed by atoms with Crippen LogP contribution in [0.25, 0.3) is 72.6 Å². The van der Waals surface area contributed by atoms with Crippen molar-refractivity contribution in [2.75, 3.05) is 0 Å². The summed E-state index contributed by atoms with van der Waals surface area (Å²) in [7, 11) is 0. The number of hydrogen-bond acceptors (Lipinski definition) is 2. The van der Waals surface area contributed by atoms with Gasteiger partial charge in [-0.3, -0.25) is 0 Å². The number of benzene rings is 5. The third kappa shape index (κ3) is 7.38. The Morgan fingerprint density at radius 2 is 1.08 bits per heavy atom. The highest BCUT2D eigenvalue weighted by Crippen LogP contribution is 2.46. The molecule has 5 aromatic carbocycles. The fourth-order valence-corrected chi connectivity index (χ4v) is 6.85. The van der Waals surface area contributed by atoms with Crippen LogP contribution in [0.3, 0.4) is 0 Å². The first-order valence-corrected chi connectivity index (χ1v) is 17.6. The highest BCUT2D eigenvalue weighted by atomic mass is 14.9. The molecule has 2 heteroatoms. The molecule has 0 aliphatic carbocycles. The van der Waals surface area contributed by atoms with E-state index < -0.39 is 0 Å². The molecule has 0 saturated heterocycles. The number of rotatable bonds is 11. The van der Waals surface area contributed by atoms with Crippen LogP contribution in [0.1, 0.15) is 43.3 Å². The van der Waals surface area contributed by atoms with Gasteiger partial charge in [0.1, 0.15) is 0 Å². The predicted octanol–water partition coefficient (Wildman–Crippen LogP) is 13.9. The van der Waals surface area contributed by atoms with Crippen molar-refractivity contribution in [2.45, 2.75) is 27.7 Å². The summed E-state index contributed by atoms with van der Waals surface area (Å²) in [6.45, 7) is 20.6. The first kappa shape index (κ1) is 35.4. The van der Waals surface area contributed by atoms with Crippen LogP contribution in [-0.4, -0.2) is 9.97 Å². The number of nitrogens with zero attached hydrogens (tertiary/aromatic N) is 2. The molecular weight excluding hydrogens is 629 g/mol. The summed E-state index contributed by atoms with van der Waals surface area (Å²) in [6, 6.07) is 43.0. The van der Waals surface area contributed by atoms with Crippen LogP contribution in [0.2, 0.25) is 0 Å². The normalized spacial score (nSPS) is 11.8. The number of allylic oxidation sites excluding steroid dienone is 9. The molecule has 2 nitrogen and oxygen atoms in total. The van der Waals surface area contributed by atoms with Crippen molar-refractivity contribution >= 4 is 16.7 Å². The monoisotopic (exact) mass is 672 g/mol. The van der Waals surface area contributed by atoms with Crippen LogP contribution in [0.5, 0.6) is 0 Å². The van der Waals surface area contributed by atoms with Gasteiger partial charge in [0.05, 0.1) is 11.4 Å². The second-order valence-corrected chi connectivity index (χ2v) is 12.9. The van der Waals surface area contributed by atoms with Crippen molar-refractivity contribution in [1.82, 2.24) is 9.97 Å². The molecule has 0 aliphatic heterocycles. The van der Waals surface area contributed by atoms with Crippen molar-refractivity contribution in [1.29, 1.82) is 0 Å². The Morgan fingerprint density at radius 1 is 0.558 bits per heavy atom. The zero-order valence-electron chi connectivity index (χ0n) is 30.5. The molecule has 6 aromatic rings.